The smallest absolute Gasteiger partial charge is 0.407 e. The molecular weight excluding hydrogens is 386 g/mol. The Hall–Kier alpha value is -2.92. The Bertz CT molecular complexity index is 682. The molecule has 0 heterocycles. The molecule has 160 valence electrons. The van der Waals surface area contributed by atoms with Crippen LogP contribution >= 0.6 is 0 Å². The quantitative estimate of drug-likeness (QED) is 0.116. The molecule has 0 fully saturated rings. The maximum absolute atomic E-state index is 11.8. The molecule has 1 aromatic rings. The second-order valence-electron chi connectivity index (χ2n) is 5.58. The number of para-hydroxylation sites is 1. The number of nitro groups is 1. The van der Waals surface area contributed by atoms with Gasteiger partial charge in [0.1, 0.15) is 6.10 Å². The molecule has 29 heavy (non-hydrogen) atoms. The highest BCUT2D eigenvalue weighted by molar-refractivity contribution is 5.67. The van der Waals surface area contributed by atoms with Crippen LogP contribution in [0.25, 0.3) is 10.4 Å². The molecule has 0 radical (unpaired) electrons. The fraction of sp³-hybridized carbons (Fsp3) is 0.588. The van der Waals surface area contributed by atoms with E-state index in [4.69, 9.17) is 24.5 Å². The molecule has 0 aliphatic carbocycles. The van der Waals surface area contributed by atoms with E-state index in [-0.39, 0.29) is 25.4 Å². The number of rotatable bonds is 15. The van der Waals surface area contributed by atoms with E-state index < -0.39 is 17.1 Å². The van der Waals surface area contributed by atoms with Crippen LogP contribution in [0.1, 0.15) is 18.6 Å². The predicted molar refractivity (Wildman–Crippen MR) is 102 cm³/mol. The molecule has 0 aliphatic heterocycles. The van der Waals surface area contributed by atoms with E-state index in [1.54, 1.807) is 25.1 Å². The molecule has 0 saturated carbocycles. The molecule has 1 aromatic carbocycles. The number of nitrogens with zero attached hydrogens (tertiary/aromatic N) is 4. The first-order valence-corrected chi connectivity index (χ1v) is 8.98. The first-order chi connectivity index (χ1) is 14.1. The first-order valence-electron chi connectivity index (χ1n) is 8.98. The summed E-state index contributed by atoms with van der Waals surface area (Å²) in [6, 6.07) is 6.10. The lowest BCUT2D eigenvalue weighted by molar-refractivity contribution is -0.386. The van der Waals surface area contributed by atoms with Gasteiger partial charge in [0.15, 0.2) is 0 Å². The van der Waals surface area contributed by atoms with Crippen molar-refractivity contribution in [3.63, 3.8) is 0 Å². The maximum Gasteiger partial charge on any atom is 0.407 e. The van der Waals surface area contributed by atoms with Crippen LogP contribution in [-0.2, 0) is 18.9 Å². The third kappa shape index (κ3) is 10.9. The van der Waals surface area contributed by atoms with Gasteiger partial charge in [0.25, 0.3) is 5.69 Å². The van der Waals surface area contributed by atoms with Crippen molar-refractivity contribution in [1.29, 1.82) is 0 Å². The summed E-state index contributed by atoms with van der Waals surface area (Å²) in [5.74, 6) is 0. The Morgan fingerprint density at radius 2 is 1.79 bits per heavy atom. The number of carbonyl (C=O) groups is 1. The van der Waals surface area contributed by atoms with Gasteiger partial charge in [-0.25, -0.2) is 4.79 Å². The van der Waals surface area contributed by atoms with E-state index in [9.17, 15) is 14.9 Å². The monoisotopic (exact) mass is 411 g/mol. The van der Waals surface area contributed by atoms with Crippen molar-refractivity contribution < 1.29 is 28.7 Å². The molecular formula is C17H25N5O7. The van der Waals surface area contributed by atoms with Crippen LogP contribution in [0.5, 0.6) is 0 Å². The minimum absolute atomic E-state index is 0.0998. The Kier molecular flexibility index (Phi) is 12.5. The van der Waals surface area contributed by atoms with Gasteiger partial charge in [0.2, 0.25) is 0 Å². The molecule has 0 spiro atoms. The average Bonchev–Trinajstić information content (AvgIpc) is 2.71. The fourth-order valence-corrected chi connectivity index (χ4v) is 2.18. The Balaban J connectivity index is 2.06. The fourth-order valence-electron chi connectivity index (χ4n) is 2.18. The van der Waals surface area contributed by atoms with Crippen molar-refractivity contribution in [3.8, 4) is 0 Å². The second-order valence-corrected chi connectivity index (χ2v) is 5.58. The number of ether oxygens (including phenoxy) is 4. The van der Waals surface area contributed by atoms with Crippen LogP contribution < -0.4 is 5.32 Å². The number of carbonyl (C=O) groups excluding carboxylic acids is 1. The minimum Gasteiger partial charge on any atom is -0.441 e. The van der Waals surface area contributed by atoms with Gasteiger partial charge in [-0.3, -0.25) is 10.1 Å². The summed E-state index contributed by atoms with van der Waals surface area (Å²) >= 11 is 0. The molecule has 0 saturated heterocycles. The van der Waals surface area contributed by atoms with Gasteiger partial charge in [-0.05, 0) is 18.5 Å². The van der Waals surface area contributed by atoms with Crippen molar-refractivity contribution in [2.75, 3.05) is 52.7 Å². The van der Waals surface area contributed by atoms with Crippen LogP contribution in [0, 0.1) is 10.1 Å². The molecule has 12 heteroatoms. The molecule has 0 aromatic heterocycles. The number of benzene rings is 1. The molecule has 1 amide bonds. The highest BCUT2D eigenvalue weighted by Crippen LogP contribution is 2.26. The predicted octanol–water partition coefficient (Wildman–Crippen LogP) is 2.74. The summed E-state index contributed by atoms with van der Waals surface area (Å²) in [5, 5.41) is 16.9. The zero-order valence-electron chi connectivity index (χ0n) is 16.2. The average molecular weight is 411 g/mol. The number of nitro benzene ring substituents is 1. The van der Waals surface area contributed by atoms with Gasteiger partial charge in [0.05, 0.1) is 50.1 Å². The van der Waals surface area contributed by atoms with Crippen molar-refractivity contribution in [3.05, 3.63) is 50.4 Å². The van der Waals surface area contributed by atoms with Crippen LogP contribution in [0.3, 0.4) is 0 Å². The van der Waals surface area contributed by atoms with Gasteiger partial charge in [-0.2, -0.15) is 0 Å². The third-order valence-corrected chi connectivity index (χ3v) is 3.51. The SMILES string of the molecule is CC(OC(=O)NCCOCCOCCOCCN=[N+]=[N-])c1ccccc1[N+](=O)[O-]. The number of amides is 1. The van der Waals surface area contributed by atoms with Gasteiger partial charge >= 0.3 is 6.09 Å². The van der Waals surface area contributed by atoms with Crippen LogP contribution in [-0.4, -0.2) is 63.7 Å². The summed E-state index contributed by atoms with van der Waals surface area (Å²) in [7, 11) is 0. The highest BCUT2D eigenvalue weighted by atomic mass is 16.6. The zero-order valence-corrected chi connectivity index (χ0v) is 16.2. The molecule has 1 rings (SSSR count). The number of azide groups is 1. The number of nitrogens with one attached hydrogen (secondary N) is 1. The van der Waals surface area contributed by atoms with E-state index >= 15 is 0 Å². The van der Waals surface area contributed by atoms with Crippen molar-refractivity contribution >= 4 is 11.8 Å². The van der Waals surface area contributed by atoms with Gasteiger partial charge in [0, 0.05) is 24.1 Å². The number of hydrogen-bond acceptors (Lipinski definition) is 8. The third-order valence-electron chi connectivity index (χ3n) is 3.51. The zero-order chi connectivity index (χ0) is 21.3. The van der Waals surface area contributed by atoms with E-state index in [0.717, 1.165) is 0 Å². The largest absolute Gasteiger partial charge is 0.441 e. The molecule has 0 aliphatic rings. The van der Waals surface area contributed by atoms with E-state index in [1.165, 1.54) is 6.07 Å². The minimum atomic E-state index is -0.764. The highest BCUT2D eigenvalue weighted by Gasteiger charge is 2.20. The lowest BCUT2D eigenvalue weighted by Crippen LogP contribution is -2.29. The Labute approximate surface area is 167 Å². The van der Waals surface area contributed by atoms with Crippen LogP contribution in [0.15, 0.2) is 29.4 Å². The lowest BCUT2D eigenvalue weighted by atomic mass is 10.1. The van der Waals surface area contributed by atoms with E-state index in [2.05, 4.69) is 15.3 Å². The topological polar surface area (TPSA) is 158 Å². The lowest BCUT2D eigenvalue weighted by Gasteiger charge is -2.14. The van der Waals surface area contributed by atoms with Crippen molar-refractivity contribution in [2.24, 2.45) is 5.11 Å². The summed E-state index contributed by atoms with van der Waals surface area (Å²) in [4.78, 5) is 24.9. The summed E-state index contributed by atoms with van der Waals surface area (Å²) in [6.07, 6.45) is -1.45. The summed E-state index contributed by atoms with van der Waals surface area (Å²) in [5.41, 5.74) is 8.31. The second kappa shape index (κ2) is 15.1. The molecule has 12 nitrogen and oxygen atoms in total. The Morgan fingerprint density at radius 3 is 2.45 bits per heavy atom. The van der Waals surface area contributed by atoms with E-state index in [0.29, 0.717) is 38.6 Å². The van der Waals surface area contributed by atoms with Gasteiger partial charge < -0.3 is 24.3 Å². The molecule has 0 bridgehead atoms. The molecule has 1 atom stereocenters. The van der Waals surface area contributed by atoms with Crippen LogP contribution in [0.2, 0.25) is 0 Å². The summed E-state index contributed by atoms with van der Waals surface area (Å²) in [6.45, 7) is 4.21. The number of hydrogen-bond donors (Lipinski definition) is 1. The van der Waals surface area contributed by atoms with E-state index in [1.807, 2.05) is 0 Å². The normalized spacial score (nSPS) is 11.3. The number of alkyl carbamates (subject to hydrolysis) is 1. The van der Waals surface area contributed by atoms with Gasteiger partial charge in [-0.15, -0.1) is 0 Å². The van der Waals surface area contributed by atoms with Crippen molar-refractivity contribution in [1.82, 2.24) is 5.32 Å². The molecule has 1 unspecified atom stereocenters. The molecule has 1 N–H and O–H groups in total. The maximum atomic E-state index is 11.8. The first kappa shape index (κ1) is 24.1. The Morgan fingerprint density at radius 1 is 1.17 bits per heavy atom. The standard InChI is InChI=1S/C17H25N5O7/c1-14(15-4-2-3-5-16(15)22(24)25)29-17(23)19-6-8-26-10-12-28-13-11-27-9-7-20-21-18/h2-5,14H,6-13H2,1H3,(H,19,23). The summed E-state index contributed by atoms with van der Waals surface area (Å²) < 4.78 is 20.9. The van der Waals surface area contributed by atoms with Crippen molar-refractivity contribution in [2.45, 2.75) is 13.0 Å². The van der Waals surface area contributed by atoms with Gasteiger partial charge in [-0.1, -0.05) is 17.2 Å². The van der Waals surface area contributed by atoms with Crippen LogP contribution in [0.4, 0.5) is 10.5 Å².